The van der Waals surface area contributed by atoms with Crippen LogP contribution in [0.5, 0.6) is 0 Å². The summed E-state index contributed by atoms with van der Waals surface area (Å²) < 4.78 is 58.9. The molecule has 41 heavy (non-hydrogen) atoms. The highest BCUT2D eigenvalue weighted by molar-refractivity contribution is 7.89. The lowest BCUT2D eigenvalue weighted by Gasteiger charge is -2.49. The van der Waals surface area contributed by atoms with Crippen LogP contribution in [0.4, 0.5) is 26.8 Å². The highest BCUT2D eigenvalue weighted by Gasteiger charge is 2.45. The van der Waals surface area contributed by atoms with Crippen LogP contribution in [0.15, 0.2) is 6.07 Å². The second-order valence-electron chi connectivity index (χ2n) is 10.9. The normalized spacial score (nSPS) is 23.7. The number of nitrogens with one attached hydrogen (secondary N) is 2. The molecular formula is C26H38FN7O6S. The number of H-pyrrole nitrogens is 1. The van der Waals surface area contributed by atoms with E-state index < -0.39 is 28.6 Å². The Morgan fingerprint density at radius 2 is 1.93 bits per heavy atom. The second kappa shape index (κ2) is 12.4. The van der Waals surface area contributed by atoms with E-state index in [-0.39, 0.29) is 47.4 Å². The molecule has 3 atom stereocenters. The molecular weight excluding hydrogens is 557 g/mol. The van der Waals surface area contributed by atoms with E-state index in [4.69, 9.17) is 14.2 Å². The number of hydrogen-bond donors (Lipinski definition) is 2. The van der Waals surface area contributed by atoms with E-state index in [0.717, 1.165) is 25.0 Å². The third kappa shape index (κ3) is 6.72. The lowest BCUT2D eigenvalue weighted by molar-refractivity contribution is -0.0303. The first-order valence-corrected chi connectivity index (χ1v) is 15.8. The molecule has 5 rings (SSSR count). The van der Waals surface area contributed by atoms with Gasteiger partial charge < -0.3 is 24.4 Å². The number of hydrogen-bond acceptors (Lipinski definition) is 11. The fraction of sp³-hybridized carbons (Fsp3) is 0.692. The maximum Gasteiger partial charge on any atom is 0.508 e. The van der Waals surface area contributed by atoms with Crippen LogP contribution in [0.3, 0.4) is 0 Å². The van der Waals surface area contributed by atoms with Crippen LogP contribution in [0, 0.1) is 12.7 Å². The predicted molar refractivity (Wildman–Crippen MR) is 148 cm³/mol. The average Bonchev–Trinajstić information content (AvgIpc) is 3.37. The zero-order chi connectivity index (χ0) is 29.1. The Morgan fingerprint density at radius 1 is 1.22 bits per heavy atom. The molecule has 5 heterocycles. The number of carbonyl (C=O) groups is 1. The zero-order valence-electron chi connectivity index (χ0n) is 23.6. The zero-order valence-corrected chi connectivity index (χ0v) is 24.5. The Balaban J connectivity index is 1.37. The number of ether oxygens (including phenoxy) is 3. The number of anilines is 3. The number of carbonyl (C=O) groups excluding carboxylic acids is 1. The summed E-state index contributed by atoms with van der Waals surface area (Å²) in [5, 5.41) is 9.80. The quantitative estimate of drug-likeness (QED) is 0.410. The molecule has 15 heteroatoms. The predicted octanol–water partition coefficient (Wildman–Crippen LogP) is 3.39. The highest BCUT2D eigenvalue weighted by Crippen LogP contribution is 2.38. The van der Waals surface area contributed by atoms with Crippen molar-refractivity contribution in [3.63, 3.8) is 0 Å². The first-order valence-electron chi connectivity index (χ1n) is 14.1. The Hall–Kier alpha value is -3.04. The van der Waals surface area contributed by atoms with Gasteiger partial charge in [0.25, 0.3) is 0 Å². The number of aromatic amines is 1. The molecule has 0 saturated carbocycles. The van der Waals surface area contributed by atoms with Gasteiger partial charge in [0.1, 0.15) is 18.4 Å². The summed E-state index contributed by atoms with van der Waals surface area (Å²) in [6.45, 7) is 4.04. The van der Waals surface area contributed by atoms with Gasteiger partial charge in [-0.2, -0.15) is 14.4 Å². The average molecular weight is 596 g/mol. The van der Waals surface area contributed by atoms with Gasteiger partial charge in [0.15, 0.2) is 17.5 Å². The standard InChI is InChI=1S/C26H38FN7O6S/c1-4-41(36,37)34-17-6-5-7-18(34)14-19(13-17)33(3)25-28-21(15-39-26(35)40-20-8-10-38-11-9-20)23(27)24(30-25)29-22-12-16(2)31-32-22/h12,17-20H,4-11,13-15H2,1-3H3,(H2,28,29,30,31,32)/t17-,18+,19?. The first-order chi connectivity index (χ1) is 19.6. The minimum Gasteiger partial charge on any atom is -0.431 e. The fourth-order valence-electron chi connectivity index (χ4n) is 5.90. The van der Waals surface area contributed by atoms with Crippen LogP contribution in [-0.4, -0.2) is 89.3 Å². The van der Waals surface area contributed by atoms with Crippen molar-refractivity contribution in [1.82, 2.24) is 24.5 Å². The number of halogens is 1. The molecule has 2 aromatic heterocycles. The molecule has 0 amide bonds. The van der Waals surface area contributed by atoms with Gasteiger partial charge in [-0.25, -0.2) is 22.6 Å². The summed E-state index contributed by atoms with van der Waals surface area (Å²) in [4.78, 5) is 23.1. The van der Waals surface area contributed by atoms with Crippen molar-refractivity contribution in [2.24, 2.45) is 0 Å². The summed E-state index contributed by atoms with van der Waals surface area (Å²) in [6.07, 6.45) is 3.72. The lowest BCUT2D eigenvalue weighted by Crippen LogP contribution is -2.58. The molecule has 13 nitrogen and oxygen atoms in total. The van der Waals surface area contributed by atoms with Gasteiger partial charge in [0.2, 0.25) is 16.0 Å². The van der Waals surface area contributed by atoms with Crippen molar-refractivity contribution >= 4 is 33.8 Å². The number of aromatic nitrogens is 4. The number of rotatable bonds is 9. The van der Waals surface area contributed by atoms with Crippen molar-refractivity contribution in [2.75, 3.05) is 36.2 Å². The largest absolute Gasteiger partial charge is 0.508 e. The van der Waals surface area contributed by atoms with Crippen LogP contribution in [0.25, 0.3) is 0 Å². The van der Waals surface area contributed by atoms with E-state index in [1.807, 2.05) is 18.9 Å². The van der Waals surface area contributed by atoms with Gasteiger partial charge >= 0.3 is 6.16 Å². The van der Waals surface area contributed by atoms with Crippen LogP contribution in [0.2, 0.25) is 0 Å². The lowest BCUT2D eigenvalue weighted by atomic mass is 9.83. The molecule has 3 aliphatic rings. The van der Waals surface area contributed by atoms with Gasteiger partial charge in [-0.3, -0.25) is 5.10 Å². The smallest absolute Gasteiger partial charge is 0.431 e. The molecule has 0 aromatic carbocycles. The molecule has 1 unspecified atom stereocenters. The highest BCUT2D eigenvalue weighted by atomic mass is 32.2. The molecule has 2 bridgehead atoms. The number of aryl methyl sites for hydroxylation is 1. The van der Waals surface area contributed by atoms with Crippen molar-refractivity contribution in [2.45, 2.75) is 89.6 Å². The van der Waals surface area contributed by atoms with E-state index >= 15 is 4.39 Å². The first kappa shape index (κ1) is 29.5. The third-order valence-corrected chi connectivity index (χ3v) is 10.0. The van der Waals surface area contributed by atoms with E-state index in [9.17, 15) is 13.2 Å². The Morgan fingerprint density at radius 3 is 2.56 bits per heavy atom. The van der Waals surface area contributed by atoms with E-state index in [2.05, 4.69) is 25.5 Å². The van der Waals surface area contributed by atoms with Crippen LogP contribution in [-0.2, 0) is 30.8 Å². The molecule has 3 aliphatic heterocycles. The third-order valence-electron chi connectivity index (χ3n) is 8.05. The molecule has 3 saturated heterocycles. The molecule has 3 fully saturated rings. The molecule has 0 spiro atoms. The SMILES string of the molecule is CCS(=O)(=O)N1[C@@H]2CCC[C@H]1CC(N(C)c1nc(COC(=O)OC3CCOCC3)c(F)c(Nc3cc(C)[nH]n3)n1)C2. The molecule has 2 N–H and O–H groups in total. The molecule has 0 radical (unpaired) electrons. The number of piperidine rings is 2. The van der Waals surface area contributed by atoms with Crippen molar-refractivity contribution in [1.29, 1.82) is 0 Å². The molecule has 2 aromatic rings. The van der Waals surface area contributed by atoms with E-state index in [1.165, 1.54) is 0 Å². The second-order valence-corrected chi connectivity index (χ2v) is 13.0. The number of sulfonamides is 1. The van der Waals surface area contributed by atoms with Crippen LogP contribution in [0.1, 0.15) is 63.3 Å². The molecule has 0 aliphatic carbocycles. The summed E-state index contributed by atoms with van der Waals surface area (Å²) in [5.41, 5.74) is 0.658. The minimum atomic E-state index is -3.33. The van der Waals surface area contributed by atoms with Gasteiger partial charge in [-0.15, -0.1) is 0 Å². The number of fused-ring (bicyclic) bond motifs is 2. The maximum absolute atomic E-state index is 15.6. The van der Waals surface area contributed by atoms with Gasteiger partial charge in [-0.05, 0) is 39.5 Å². The topological polar surface area (TPSA) is 152 Å². The Kier molecular flexibility index (Phi) is 8.94. The van der Waals surface area contributed by atoms with Gasteiger partial charge in [0, 0.05) is 49.8 Å². The van der Waals surface area contributed by atoms with Gasteiger partial charge in [-0.1, -0.05) is 6.42 Å². The van der Waals surface area contributed by atoms with Gasteiger partial charge in [0.05, 0.1) is 19.0 Å². The summed E-state index contributed by atoms with van der Waals surface area (Å²) >= 11 is 0. The minimum absolute atomic E-state index is 0.0631. The Labute approximate surface area is 239 Å². The van der Waals surface area contributed by atoms with Crippen molar-refractivity contribution in [3.05, 3.63) is 23.3 Å². The fourth-order valence-corrected chi connectivity index (χ4v) is 7.49. The summed E-state index contributed by atoms with van der Waals surface area (Å²) in [7, 11) is -1.50. The van der Waals surface area contributed by atoms with E-state index in [1.54, 1.807) is 17.3 Å². The molecule has 226 valence electrons. The van der Waals surface area contributed by atoms with Crippen molar-refractivity contribution < 1.29 is 31.8 Å². The monoisotopic (exact) mass is 595 g/mol. The summed E-state index contributed by atoms with van der Waals surface area (Å²) in [6, 6.07) is 1.43. The Bertz CT molecular complexity index is 1320. The van der Waals surface area contributed by atoms with Crippen LogP contribution < -0.4 is 10.2 Å². The number of nitrogens with zero attached hydrogens (tertiary/aromatic N) is 5. The van der Waals surface area contributed by atoms with E-state index in [0.29, 0.717) is 44.7 Å². The summed E-state index contributed by atoms with van der Waals surface area (Å²) in [5.74, 6) is -0.221. The maximum atomic E-state index is 15.6. The van der Waals surface area contributed by atoms with Crippen LogP contribution >= 0.6 is 0 Å². The van der Waals surface area contributed by atoms with Crippen molar-refractivity contribution in [3.8, 4) is 0 Å².